The van der Waals surface area contributed by atoms with Gasteiger partial charge in [-0.25, -0.2) is 5.01 Å². The van der Waals surface area contributed by atoms with Crippen molar-refractivity contribution in [2.24, 2.45) is 9.50 Å². The number of sulfonamides is 1. The predicted molar refractivity (Wildman–Crippen MR) is 124 cm³/mol. The molecular weight excluding hydrogens is 438 g/mol. The largest absolute Gasteiger partial charge is 0.284 e. The van der Waals surface area contributed by atoms with Gasteiger partial charge in [-0.05, 0) is 35.4 Å². The first kappa shape index (κ1) is 20.7. The summed E-state index contributed by atoms with van der Waals surface area (Å²) in [5, 5.41) is 6.65. The fourth-order valence-electron chi connectivity index (χ4n) is 3.26. The zero-order chi connectivity index (χ0) is 21.1. The minimum absolute atomic E-state index is 0.0109. The lowest BCUT2D eigenvalue weighted by Crippen LogP contribution is -2.23. The Bertz CT molecular complexity index is 1200. The van der Waals surface area contributed by atoms with E-state index in [2.05, 4.69) is 22.1 Å². The predicted octanol–water partition coefficient (Wildman–Crippen LogP) is 4.82. The lowest BCUT2D eigenvalue weighted by Gasteiger charge is -2.15. The summed E-state index contributed by atoms with van der Waals surface area (Å²) in [4.78, 5) is 0.0459. The minimum atomic E-state index is -3.94. The van der Waals surface area contributed by atoms with Gasteiger partial charge < -0.3 is 0 Å². The van der Waals surface area contributed by atoms with E-state index in [9.17, 15) is 8.42 Å². The monoisotopic (exact) mass is 455 g/mol. The fourth-order valence-corrected chi connectivity index (χ4v) is 4.73. The fraction of sp³-hybridized carbons (Fsp3) is 0.0909. The van der Waals surface area contributed by atoms with Crippen LogP contribution in [0.1, 0.15) is 17.0 Å². The molecule has 0 N–H and O–H groups in total. The van der Waals surface area contributed by atoms with Crippen molar-refractivity contribution in [3.8, 4) is 0 Å². The van der Waals surface area contributed by atoms with E-state index in [1.54, 1.807) is 0 Å². The van der Waals surface area contributed by atoms with Crippen molar-refractivity contribution >= 4 is 45.1 Å². The van der Waals surface area contributed by atoms with Crippen molar-refractivity contribution in [3.05, 3.63) is 101 Å². The molecule has 0 amide bonds. The third-order valence-electron chi connectivity index (χ3n) is 4.73. The van der Waals surface area contributed by atoms with Crippen molar-refractivity contribution in [2.75, 3.05) is 6.54 Å². The average molecular weight is 456 g/mol. The standard InChI is InChI=1S/C22H18ClN3O2S2/c23-18-11-13-19(14-12-18)30(27,28)25-22(29)26-15-20(16-7-3-1-4-8-16)21(24-26)17-9-5-2-6-10-17/h1-14,20H,15H2,(H,25,29). The molecule has 0 bridgehead atoms. The molecule has 1 atom stereocenters. The van der Waals surface area contributed by atoms with Crippen molar-refractivity contribution in [2.45, 2.75) is 10.8 Å². The summed E-state index contributed by atoms with van der Waals surface area (Å²) in [5.41, 5.74) is 2.90. The highest BCUT2D eigenvalue weighted by molar-refractivity contribution is 7.99. The third kappa shape index (κ3) is 4.43. The van der Waals surface area contributed by atoms with Crippen LogP contribution in [-0.4, -0.2) is 30.9 Å². The number of hydrogen-bond donors (Lipinski definition) is 1. The highest BCUT2D eigenvalue weighted by Crippen LogP contribution is 2.30. The number of rotatable bonds is 4. The first-order chi connectivity index (χ1) is 14.4. The van der Waals surface area contributed by atoms with Crippen LogP contribution < -0.4 is 0 Å². The van der Waals surface area contributed by atoms with E-state index < -0.39 is 10.0 Å². The summed E-state index contributed by atoms with van der Waals surface area (Å²) in [6.45, 7) is 0.437. The van der Waals surface area contributed by atoms with Crippen LogP contribution in [0.2, 0.25) is 5.02 Å². The molecule has 1 heterocycles. The number of halogens is 1. The van der Waals surface area contributed by atoms with E-state index in [0.29, 0.717) is 11.6 Å². The molecule has 0 aromatic heterocycles. The molecule has 3 aromatic rings. The number of hydrogen-bond acceptors (Lipinski definition) is 3. The molecule has 0 radical (unpaired) electrons. The Morgan fingerprint density at radius 1 is 0.967 bits per heavy atom. The van der Waals surface area contributed by atoms with Crippen molar-refractivity contribution < 1.29 is 8.42 Å². The van der Waals surface area contributed by atoms with Crippen LogP contribution in [0.15, 0.2) is 99.3 Å². The van der Waals surface area contributed by atoms with Crippen LogP contribution in [0.5, 0.6) is 0 Å². The average Bonchev–Trinajstić information content (AvgIpc) is 3.21. The normalized spacial score (nSPS) is 17.1. The minimum Gasteiger partial charge on any atom is -0.241 e. The Balaban J connectivity index is 1.69. The van der Waals surface area contributed by atoms with Crippen LogP contribution in [0.4, 0.5) is 0 Å². The molecule has 5 nitrogen and oxygen atoms in total. The summed E-state index contributed by atoms with van der Waals surface area (Å²) in [6.07, 6.45) is 0. The van der Waals surface area contributed by atoms with Gasteiger partial charge in [0.2, 0.25) is 0 Å². The second-order valence-corrected chi connectivity index (χ2v) is 9.16. The highest BCUT2D eigenvalue weighted by Gasteiger charge is 2.31. The second-order valence-electron chi connectivity index (χ2n) is 6.72. The second kappa shape index (κ2) is 8.63. The lowest BCUT2D eigenvalue weighted by atomic mass is 9.91. The SMILES string of the molecule is O=S(=O)(/N=C(\S)N1CC(c2ccccc2)C(c2ccccc2)=N1)c1ccc(Cl)cc1. The Hall–Kier alpha value is -2.61. The zero-order valence-electron chi connectivity index (χ0n) is 15.8. The molecule has 0 spiro atoms. The van der Waals surface area contributed by atoms with E-state index in [4.69, 9.17) is 11.6 Å². The third-order valence-corrected chi connectivity index (χ3v) is 6.73. The van der Waals surface area contributed by atoms with Gasteiger partial charge in [-0.3, -0.25) is 0 Å². The number of amidine groups is 1. The molecule has 30 heavy (non-hydrogen) atoms. The molecular formula is C22H18ClN3O2S2. The van der Waals surface area contributed by atoms with Gasteiger partial charge in [0.25, 0.3) is 10.0 Å². The number of thiol groups is 1. The van der Waals surface area contributed by atoms with E-state index in [1.165, 1.54) is 29.3 Å². The van der Waals surface area contributed by atoms with Crippen LogP contribution >= 0.6 is 24.2 Å². The molecule has 3 aromatic carbocycles. The Morgan fingerprint density at radius 2 is 1.57 bits per heavy atom. The number of nitrogens with zero attached hydrogens (tertiary/aromatic N) is 3. The Labute approximate surface area is 186 Å². The molecule has 0 saturated heterocycles. The number of benzene rings is 3. The van der Waals surface area contributed by atoms with Crippen LogP contribution in [0.3, 0.4) is 0 Å². The summed E-state index contributed by atoms with van der Waals surface area (Å²) in [6, 6.07) is 25.6. The van der Waals surface area contributed by atoms with Gasteiger partial charge >= 0.3 is 0 Å². The molecule has 0 saturated carbocycles. The molecule has 0 fully saturated rings. The van der Waals surface area contributed by atoms with Crippen molar-refractivity contribution in [3.63, 3.8) is 0 Å². The maximum Gasteiger partial charge on any atom is 0.284 e. The molecule has 1 aliphatic heterocycles. The van der Waals surface area contributed by atoms with Gasteiger partial charge in [0, 0.05) is 10.9 Å². The van der Waals surface area contributed by atoms with Gasteiger partial charge in [-0.15, -0.1) is 17.0 Å². The van der Waals surface area contributed by atoms with Gasteiger partial charge in [0.1, 0.15) is 0 Å². The van der Waals surface area contributed by atoms with Crippen LogP contribution in [0.25, 0.3) is 0 Å². The first-order valence-corrected chi connectivity index (χ1v) is 11.5. The van der Waals surface area contributed by atoms with Gasteiger partial charge in [0.15, 0.2) is 5.17 Å². The molecule has 1 unspecified atom stereocenters. The summed E-state index contributed by atoms with van der Waals surface area (Å²) < 4.78 is 29.2. The first-order valence-electron chi connectivity index (χ1n) is 9.20. The van der Waals surface area contributed by atoms with E-state index in [0.717, 1.165) is 16.8 Å². The maximum atomic E-state index is 12.7. The Kier molecular flexibility index (Phi) is 5.94. The summed E-state index contributed by atoms with van der Waals surface area (Å²) >= 11 is 10.2. The quantitative estimate of drug-likeness (QED) is 0.348. The summed E-state index contributed by atoms with van der Waals surface area (Å²) in [5.74, 6) is -0.0378. The van der Waals surface area contributed by atoms with Crippen molar-refractivity contribution in [1.29, 1.82) is 0 Å². The van der Waals surface area contributed by atoms with Gasteiger partial charge in [-0.2, -0.15) is 13.5 Å². The van der Waals surface area contributed by atoms with Gasteiger partial charge in [-0.1, -0.05) is 72.3 Å². The van der Waals surface area contributed by atoms with E-state index >= 15 is 0 Å². The zero-order valence-corrected chi connectivity index (χ0v) is 18.2. The van der Waals surface area contributed by atoms with Gasteiger partial charge in [0.05, 0.1) is 17.2 Å². The van der Waals surface area contributed by atoms with E-state index in [1.807, 2.05) is 60.7 Å². The maximum absolute atomic E-state index is 12.7. The Morgan fingerprint density at radius 3 is 2.20 bits per heavy atom. The molecule has 1 aliphatic rings. The molecule has 4 rings (SSSR count). The smallest absolute Gasteiger partial charge is 0.241 e. The van der Waals surface area contributed by atoms with Crippen LogP contribution in [-0.2, 0) is 10.0 Å². The topological polar surface area (TPSA) is 62.1 Å². The molecule has 152 valence electrons. The molecule has 0 aliphatic carbocycles. The van der Waals surface area contributed by atoms with Crippen molar-refractivity contribution in [1.82, 2.24) is 5.01 Å². The highest BCUT2D eigenvalue weighted by atomic mass is 35.5. The molecule has 8 heteroatoms. The number of hydrazone groups is 1. The summed E-state index contributed by atoms with van der Waals surface area (Å²) in [7, 11) is -3.94. The van der Waals surface area contributed by atoms with E-state index in [-0.39, 0.29) is 16.0 Å². The lowest BCUT2D eigenvalue weighted by molar-refractivity contribution is 0.485. The van der Waals surface area contributed by atoms with Crippen LogP contribution in [0, 0.1) is 0 Å².